The predicted octanol–water partition coefficient (Wildman–Crippen LogP) is 2.68. The van der Waals surface area contributed by atoms with Gasteiger partial charge >= 0.3 is 7.12 Å². The summed E-state index contributed by atoms with van der Waals surface area (Å²) in [6.07, 6.45) is 0. The second-order valence-corrected chi connectivity index (χ2v) is 5.41. The Labute approximate surface area is 107 Å². The molecule has 0 radical (unpaired) electrons. The Bertz CT molecular complexity index is 506. The van der Waals surface area contributed by atoms with E-state index in [1.807, 2.05) is 27.7 Å². The van der Waals surface area contributed by atoms with Gasteiger partial charge in [-0.3, -0.25) is 0 Å². The molecule has 1 heterocycles. The minimum atomic E-state index is -0.727. The number of halogens is 1. The molecular weight excluding hydrogens is 232 g/mol. The normalized spacial score (nSPS) is 20.8. The van der Waals surface area contributed by atoms with Crippen LogP contribution in [0.1, 0.15) is 27.7 Å². The fourth-order valence-electron chi connectivity index (χ4n) is 1.75. The van der Waals surface area contributed by atoms with E-state index < -0.39 is 24.1 Å². The number of benzene rings is 1. The van der Waals surface area contributed by atoms with Crippen LogP contribution in [0.5, 0.6) is 0 Å². The summed E-state index contributed by atoms with van der Waals surface area (Å²) in [4.78, 5) is 3.18. The van der Waals surface area contributed by atoms with Crippen LogP contribution in [0.3, 0.4) is 0 Å². The van der Waals surface area contributed by atoms with Crippen molar-refractivity contribution in [2.75, 3.05) is 0 Å². The first kappa shape index (κ1) is 13.1. The van der Waals surface area contributed by atoms with Gasteiger partial charge in [0.1, 0.15) is 5.82 Å². The van der Waals surface area contributed by atoms with E-state index >= 15 is 0 Å². The van der Waals surface area contributed by atoms with Crippen molar-refractivity contribution in [2.24, 2.45) is 0 Å². The Kier molecular flexibility index (Phi) is 2.96. The van der Waals surface area contributed by atoms with Gasteiger partial charge in [-0.1, -0.05) is 12.1 Å². The number of rotatable bonds is 1. The molecule has 18 heavy (non-hydrogen) atoms. The molecule has 0 N–H and O–H groups in total. The largest absolute Gasteiger partial charge is 0.497 e. The van der Waals surface area contributed by atoms with E-state index in [2.05, 4.69) is 4.85 Å². The van der Waals surface area contributed by atoms with Crippen molar-refractivity contribution in [1.29, 1.82) is 0 Å². The lowest BCUT2D eigenvalue weighted by atomic mass is 9.78. The van der Waals surface area contributed by atoms with E-state index in [1.165, 1.54) is 6.07 Å². The minimum Gasteiger partial charge on any atom is -0.399 e. The molecular formula is C13H15BFNO2. The van der Waals surface area contributed by atoms with Gasteiger partial charge in [0.25, 0.3) is 0 Å². The lowest BCUT2D eigenvalue weighted by Crippen LogP contribution is -2.41. The zero-order valence-corrected chi connectivity index (χ0v) is 11.0. The van der Waals surface area contributed by atoms with Crippen LogP contribution in [0.4, 0.5) is 10.1 Å². The van der Waals surface area contributed by atoms with Crippen LogP contribution in [0.15, 0.2) is 18.2 Å². The van der Waals surface area contributed by atoms with Crippen molar-refractivity contribution >= 4 is 18.3 Å². The van der Waals surface area contributed by atoms with Crippen molar-refractivity contribution in [3.05, 3.63) is 35.4 Å². The Morgan fingerprint density at radius 3 is 2.17 bits per heavy atom. The second kappa shape index (κ2) is 4.08. The Morgan fingerprint density at radius 2 is 1.72 bits per heavy atom. The van der Waals surface area contributed by atoms with Crippen molar-refractivity contribution in [3.8, 4) is 0 Å². The average Bonchev–Trinajstić information content (AvgIpc) is 2.47. The fraction of sp³-hybridized carbons (Fsp3) is 0.462. The third-order valence-corrected chi connectivity index (χ3v) is 3.62. The van der Waals surface area contributed by atoms with E-state index in [9.17, 15) is 4.39 Å². The van der Waals surface area contributed by atoms with Gasteiger partial charge in [0.15, 0.2) is 5.69 Å². The zero-order chi connectivity index (χ0) is 13.6. The third kappa shape index (κ3) is 2.02. The maximum Gasteiger partial charge on any atom is 0.497 e. The molecule has 0 amide bonds. The molecule has 3 nitrogen and oxygen atoms in total. The lowest BCUT2D eigenvalue weighted by Gasteiger charge is -2.32. The van der Waals surface area contributed by atoms with Gasteiger partial charge in [-0.15, -0.1) is 0 Å². The SMILES string of the molecule is [C-]#[N+]c1ccc(B2OC(C)(C)C(C)(C)O2)c(F)c1. The van der Waals surface area contributed by atoms with Gasteiger partial charge in [0.05, 0.1) is 17.8 Å². The Hall–Kier alpha value is -1.38. The van der Waals surface area contributed by atoms with E-state index in [4.69, 9.17) is 15.9 Å². The summed E-state index contributed by atoms with van der Waals surface area (Å²) in [6.45, 7) is 14.5. The number of hydrogen-bond donors (Lipinski definition) is 0. The Balaban J connectivity index is 2.33. The van der Waals surface area contributed by atoms with Crippen molar-refractivity contribution < 1.29 is 13.7 Å². The summed E-state index contributed by atoms with van der Waals surface area (Å²) in [5, 5.41) is 0. The van der Waals surface area contributed by atoms with E-state index in [0.717, 1.165) is 0 Å². The first-order valence-electron chi connectivity index (χ1n) is 5.79. The maximum atomic E-state index is 13.9. The van der Waals surface area contributed by atoms with E-state index in [-0.39, 0.29) is 5.69 Å². The van der Waals surface area contributed by atoms with Crippen molar-refractivity contribution in [2.45, 2.75) is 38.9 Å². The summed E-state index contributed by atoms with van der Waals surface area (Å²) >= 11 is 0. The quantitative estimate of drug-likeness (QED) is 0.562. The van der Waals surface area contributed by atoms with E-state index in [1.54, 1.807) is 12.1 Å². The molecule has 94 valence electrons. The first-order chi connectivity index (χ1) is 8.27. The molecule has 0 saturated carbocycles. The topological polar surface area (TPSA) is 22.8 Å². The van der Waals surface area contributed by atoms with Crippen LogP contribution in [-0.4, -0.2) is 18.3 Å². The lowest BCUT2D eigenvalue weighted by molar-refractivity contribution is 0.00578. The van der Waals surface area contributed by atoms with Gasteiger partial charge in [-0.2, -0.15) is 0 Å². The van der Waals surface area contributed by atoms with Crippen molar-refractivity contribution in [3.63, 3.8) is 0 Å². The molecule has 1 saturated heterocycles. The van der Waals surface area contributed by atoms with Crippen LogP contribution in [0.2, 0.25) is 0 Å². The third-order valence-electron chi connectivity index (χ3n) is 3.62. The van der Waals surface area contributed by atoms with Crippen LogP contribution >= 0.6 is 0 Å². The van der Waals surface area contributed by atoms with E-state index in [0.29, 0.717) is 5.46 Å². The molecule has 0 atom stereocenters. The molecule has 1 fully saturated rings. The van der Waals surface area contributed by atoms with Crippen LogP contribution in [0.25, 0.3) is 4.85 Å². The standard InChI is InChI=1S/C13H15BFNO2/c1-12(2)13(3,4)18-14(17-12)10-7-6-9(16-5)8-11(10)15/h6-8H,1-4H3. The molecule has 1 aromatic carbocycles. The maximum absolute atomic E-state index is 13.9. The highest BCUT2D eigenvalue weighted by atomic mass is 19.1. The highest BCUT2D eigenvalue weighted by Crippen LogP contribution is 2.36. The molecule has 2 rings (SSSR count). The Morgan fingerprint density at radius 1 is 1.17 bits per heavy atom. The molecule has 1 aliphatic rings. The summed E-state index contributed by atoms with van der Waals surface area (Å²) in [7, 11) is -0.727. The highest BCUT2D eigenvalue weighted by molar-refractivity contribution is 6.62. The highest BCUT2D eigenvalue weighted by Gasteiger charge is 2.52. The molecule has 5 heteroatoms. The fourth-order valence-corrected chi connectivity index (χ4v) is 1.75. The summed E-state index contributed by atoms with van der Waals surface area (Å²) in [5.74, 6) is -0.470. The molecule has 0 spiro atoms. The summed E-state index contributed by atoms with van der Waals surface area (Å²) in [5.41, 5.74) is -0.390. The van der Waals surface area contributed by atoms with Crippen LogP contribution in [-0.2, 0) is 9.31 Å². The van der Waals surface area contributed by atoms with Gasteiger partial charge in [-0.05, 0) is 33.8 Å². The molecule has 0 unspecified atom stereocenters. The van der Waals surface area contributed by atoms with Gasteiger partial charge in [0, 0.05) is 5.46 Å². The number of nitrogens with zero attached hydrogens (tertiary/aromatic N) is 1. The zero-order valence-electron chi connectivity index (χ0n) is 11.0. The number of hydrogen-bond acceptors (Lipinski definition) is 2. The molecule has 1 aliphatic heterocycles. The molecule has 1 aromatic rings. The molecule has 0 bridgehead atoms. The van der Waals surface area contributed by atoms with Gasteiger partial charge in [-0.25, -0.2) is 9.24 Å². The van der Waals surface area contributed by atoms with Gasteiger partial charge < -0.3 is 9.31 Å². The molecule has 0 aromatic heterocycles. The predicted molar refractivity (Wildman–Crippen MR) is 68.4 cm³/mol. The van der Waals surface area contributed by atoms with Gasteiger partial charge in [0.2, 0.25) is 0 Å². The summed E-state index contributed by atoms with van der Waals surface area (Å²) < 4.78 is 25.4. The van der Waals surface area contributed by atoms with Crippen LogP contribution in [0, 0.1) is 12.4 Å². The monoisotopic (exact) mass is 247 g/mol. The van der Waals surface area contributed by atoms with Crippen molar-refractivity contribution in [1.82, 2.24) is 0 Å². The van der Waals surface area contributed by atoms with Crippen LogP contribution < -0.4 is 5.46 Å². The average molecular weight is 247 g/mol. The molecule has 0 aliphatic carbocycles. The minimum absolute atomic E-state index is 0.271. The first-order valence-corrected chi connectivity index (χ1v) is 5.79. The second-order valence-electron chi connectivity index (χ2n) is 5.41. The smallest absolute Gasteiger partial charge is 0.399 e. The summed E-state index contributed by atoms with van der Waals surface area (Å²) in [6, 6.07) is 4.31.